The molecule has 0 aliphatic heterocycles. The minimum absolute atomic E-state index is 0.0742. The van der Waals surface area contributed by atoms with Crippen LogP contribution in [0.3, 0.4) is 0 Å². The Kier molecular flexibility index (Phi) is 4.14. The lowest BCUT2D eigenvalue weighted by Crippen LogP contribution is -2.34. The number of rotatable bonds is 5. The van der Waals surface area contributed by atoms with Gasteiger partial charge in [-0.3, -0.25) is 4.79 Å². The summed E-state index contributed by atoms with van der Waals surface area (Å²) in [4.78, 5) is 21.3. The lowest BCUT2D eigenvalue weighted by molar-refractivity contribution is -0.116. The van der Waals surface area contributed by atoms with E-state index >= 15 is 0 Å². The van der Waals surface area contributed by atoms with Crippen LogP contribution in [0.25, 0.3) is 0 Å². The number of carbonyl (C=O) groups is 1. The molecule has 0 fully saturated rings. The second-order valence-corrected chi connectivity index (χ2v) is 4.54. The summed E-state index contributed by atoms with van der Waals surface area (Å²) in [5.41, 5.74) is 13.7. The zero-order chi connectivity index (χ0) is 14.5. The van der Waals surface area contributed by atoms with Gasteiger partial charge in [-0.1, -0.05) is 18.2 Å². The number of anilines is 2. The predicted octanol–water partition coefficient (Wildman–Crippen LogP) is 0.859. The van der Waals surface area contributed by atoms with Gasteiger partial charge in [0.2, 0.25) is 5.91 Å². The van der Waals surface area contributed by atoms with E-state index in [2.05, 4.69) is 9.97 Å². The lowest BCUT2D eigenvalue weighted by Gasteiger charge is -2.23. The number of hydrogen-bond acceptors (Lipinski definition) is 5. The van der Waals surface area contributed by atoms with Crippen molar-refractivity contribution in [2.75, 3.05) is 17.2 Å². The summed E-state index contributed by atoms with van der Waals surface area (Å²) in [7, 11) is 0. The Bertz CT molecular complexity index is 614. The minimum atomic E-state index is -0.421. The smallest absolute Gasteiger partial charge is 0.237 e. The second-order valence-electron chi connectivity index (χ2n) is 4.54. The molecule has 1 amide bonds. The third kappa shape index (κ3) is 3.44. The molecule has 0 aliphatic carbocycles. The van der Waals surface area contributed by atoms with Gasteiger partial charge in [-0.05, 0) is 18.6 Å². The lowest BCUT2D eigenvalue weighted by atomic mass is 10.1. The highest BCUT2D eigenvalue weighted by Crippen LogP contribution is 2.18. The Morgan fingerprint density at radius 2 is 2.05 bits per heavy atom. The number of aromatic nitrogens is 2. The van der Waals surface area contributed by atoms with Crippen LogP contribution in [0.15, 0.2) is 36.7 Å². The van der Waals surface area contributed by atoms with Crippen molar-refractivity contribution in [2.45, 2.75) is 13.5 Å². The van der Waals surface area contributed by atoms with Crippen molar-refractivity contribution in [3.05, 3.63) is 47.9 Å². The molecular weight excluding hydrogens is 254 g/mol. The van der Waals surface area contributed by atoms with Crippen LogP contribution in [0, 0.1) is 6.92 Å². The fraction of sp³-hybridized carbons (Fsp3) is 0.214. The van der Waals surface area contributed by atoms with Gasteiger partial charge in [0.05, 0.1) is 6.54 Å². The summed E-state index contributed by atoms with van der Waals surface area (Å²) in [6.07, 6.45) is 1.47. The number of aryl methyl sites for hydroxylation is 1. The van der Waals surface area contributed by atoms with Gasteiger partial charge in [0, 0.05) is 24.0 Å². The fourth-order valence-electron chi connectivity index (χ4n) is 1.90. The molecule has 0 aliphatic rings. The molecular formula is C14H17N5O. The topological polar surface area (TPSA) is 98.1 Å². The third-order valence-corrected chi connectivity index (χ3v) is 2.88. The molecule has 2 rings (SSSR count). The Balaban J connectivity index is 2.29. The molecule has 0 saturated heterocycles. The molecule has 0 atom stereocenters. The SMILES string of the molecule is Cc1cc(N(CC(N)=O)Cc2ccccc2N)ncn1. The molecule has 4 N–H and O–H groups in total. The number of carbonyl (C=O) groups excluding carboxylic acids is 1. The number of nitrogen functional groups attached to an aromatic ring is 1. The molecule has 0 bridgehead atoms. The van der Waals surface area contributed by atoms with Crippen molar-refractivity contribution in [3.63, 3.8) is 0 Å². The molecule has 20 heavy (non-hydrogen) atoms. The van der Waals surface area contributed by atoms with E-state index in [9.17, 15) is 4.79 Å². The van der Waals surface area contributed by atoms with E-state index in [1.54, 1.807) is 4.90 Å². The fourth-order valence-corrected chi connectivity index (χ4v) is 1.90. The van der Waals surface area contributed by atoms with Gasteiger partial charge >= 0.3 is 0 Å². The van der Waals surface area contributed by atoms with Gasteiger partial charge in [0.1, 0.15) is 12.1 Å². The van der Waals surface area contributed by atoms with E-state index in [4.69, 9.17) is 11.5 Å². The van der Waals surface area contributed by atoms with E-state index in [0.29, 0.717) is 18.1 Å². The maximum Gasteiger partial charge on any atom is 0.237 e. The number of para-hydroxylation sites is 1. The van der Waals surface area contributed by atoms with Crippen molar-refractivity contribution in [1.29, 1.82) is 0 Å². The number of benzene rings is 1. The van der Waals surface area contributed by atoms with Crippen molar-refractivity contribution in [3.8, 4) is 0 Å². The first-order valence-electron chi connectivity index (χ1n) is 6.21. The number of nitrogens with zero attached hydrogens (tertiary/aromatic N) is 3. The summed E-state index contributed by atoms with van der Waals surface area (Å²) in [6.45, 7) is 2.40. The van der Waals surface area contributed by atoms with Crippen LogP contribution in [-0.2, 0) is 11.3 Å². The standard InChI is InChI=1S/C14H17N5O/c1-10-6-14(18-9-17-10)19(8-13(16)20)7-11-4-2-3-5-12(11)15/h2-6,9H,7-8,15H2,1H3,(H2,16,20). The summed E-state index contributed by atoms with van der Waals surface area (Å²) >= 11 is 0. The molecule has 2 aromatic rings. The molecule has 6 nitrogen and oxygen atoms in total. The zero-order valence-corrected chi connectivity index (χ0v) is 11.3. The van der Waals surface area contributed by atoms with Crippen LogP contribution in [0.5, 0.6) is 0 Å². The highest BCUT2D eigenvalue weighted by atomic mass is 16.1. The Morgan fingerprint density at radius 1 is 1.30 bits per heavy atom. The number of hydrogen-bond donors (Lipinski definition) is 2. The van der Waals surface area contributed by atoms with E-state index in [-0.39, 0.29) is 6.54 Å². The first kappa shape index (κ1) is 13.8. The molecule has 0 radical (unpaired) electrons. The van der Waals surface area contributed by atoms with Gasteiger partial charge < -0.3 is 16.4 Å². The highest BCUT2D eigenvalue weighted by Gasteiger charge is 2.13. The van der Waals surface area contributed by atoms with Crippen LogP contribution >= 0.6 is 0 Å². The van der Waals surface area contributed by atoms with Crippen molar-refractivity contribution >= 4 is 17.4 Å². The van der Waals surface area contributed by atoms with Gasteiger partial charge in [0.25, 0.3) is 0 Å². The summed E-state index contributed by atoms with van der Waals surface area (Å²) in [6, 6.07) is 9.31. The molecule has 0 saturated carbocycles. The average Bonchev–Trinajstić information content (AvgIpc) is 2.40. The largest absolute Gasteiger partial charge is 0.398 e. The van der Waals surface area contributed by atoms with E-state index in [0.717, 1.165) is 11.3 Å². The molecule has 0 spiro atoms. The van der Waals surface area contributed by atoms with E-state index in [1.807, 2.05) is 37.3 Å². The van der Waals surface area contributed by atoms with Gasteiger partial charge in [0.15, 0.2) is 0 Å². The van der Waals surface area contributed by atoms with Crippen LogP contribution < -0.4 is 16.4 Å². The molecule has 6 heteroatoms. The van der Waals surface area contributed by atoms with Crippen LogP contribution in [-0.4, -0.2) is 22.4 Å². The quantitative estimate of drug-likeness (QED) is 0.786. The van der Waals surface area contributed by atoms with Gasteiger partial charge in [-0.2, -0.15) is 0 Å². The number of amides is 1. The van der Waals surface area contributed by atoms with Crippen LogP contribution in [0.2, 0.25) is 0 Å². The zero-order valence-electron chi connectivity index (χ0n) is 11.3. The van der Waals surface area contributed by atoms with Gasteiger partial charge in [-0.25, -0.2) is 9.97 Å². The first-order valence-corrected chi connectivity index (χ1v) is 6.21. The first-order chi connectivity index (χ1) is 9.56. The van der Waals surface area contributed by atoms with E-state index < -0.39 is 5.91 Å². The highest BCUT2D eigenvalue weighted by molar-refractivity contribution is 5.79. The predicted molar refractivity (Wildman–Crippen MR) is 77.9 cm³/mol. The molecule has 0 unspecified atom stereocenters. The summed E-state index contributed by atoms with van der Waals surface area (Å²) in [5, 5.41) is 0. The van der Waals surface area contributed by atoms with Gasteiger partial charge in [-0.15, -0.1) is 0 Å². The normalized spacial score (nSPS) is 10.2. The molecule has 1 aromatic heterocycles. The molecule has 1 heterocycles. The average molecular weight is 271 g/mol. The maximum absolute atomic E-state index is 11.2. The van der Waals surface area contributed by atoms with Crippen LogP contribution in [0.1, 0.15) is 11.3 Å². The summed E-state index contributed by atoms with van der Waals surface area (Å²) in [5.74, 6) is 0.232. The maximum atomic E-state index is 11.2. The second kappa shape index (κ2) is 6.01. The molecule has 104 valence electrons. The monoisotopic (exact) mass is 271 g/mol. The Morgan fingerprint density at radius 3 is 2.70 bits per heavy atom. The number of primary amides is 1. The Labute approximate surface area is 117 Å². The van der Waals surface area contributed by atoms with Crippen molar-refractivity contribution in [1.82, 2.24) is 9.97 Å². The third-order valence-electron chi connectivity index (χ3n) is 2.88. The van der Waals surface area contributed by atoms with Crippen LogP contribution in [0.4, 0.5) is 11.5 Å². The van der Waals surface area contributed by atoms with E-state index in [1.165, 1.54) is 6.33 Å². The minimum Gasteiger partial charge on any atom is -0.398 e. The van der Waals surface area contributed by atoms with Crippen molar-refractivity contribution < 1.29 is 4.79 Å². The Hall–Kier alpha value is -2.63. The summed E-state index contributed by atoms with van der Waals surface area (Å²) < 4.78 is 0. The number of nitrogens with two attached hydrogens (primary N) is 2. The van der Waals surface area contributed by atoms with Crippen molar-refractivity contribution in [2.24, 2.45) is 5.73 Å². The molecule has 1 aromatic carbocycles.